The Labute approximate surface area is 85.1 Å². The summed E-state index contributed by atoms with van der Waals surface area (Å²) in [5.41, 5.74) is 0.464. The van der Waals surface area contributed by atoms with Gasteiger partial charge in [0, 0.05) is 10.6 Å². The van der Waals surface area contributed by atoms with Gasteiger partial charge in [-0.3, -0.25) is 4.79 Å². The van der Waals surface area contributed by atoms with E-state index >= 15 is 0 Å². The van der Waals surface area contributed by atoms with Crippen LogP contribution in [0.4, 0.5) is 0 Å². The van der Waals surface area contributed by atoms with Crippen molar-refractivity contribution >= 4 is 45.4 Å². The molecule has 0 amide bonds. The van der Waals surface area contributed by atoms with Gasteiger partial charge in [0.05, 0.1) is 0 Å². The SMILES string of the molecule is Br.O=C(Cl)c1ccc(Cl)cc1. The minimum atomic E-state index is -0.461. The van der Waals surface area contributed by atoms with Gasteiger partial charge in [-0.15, -0.1) is 17.0 Å². The van der Waals surface area contributed by atoms with Crippen LogP contribution >= 0.6 is 40.2 Å². The molecule has 60 valence electrons. The normalized spacial score (nSPS) is 8.55. The molecular formula is C7H5BrCl2O. The van der Waals surface area contributed by atoms with Crippen LogP contribution < -0.4 is 0 Å². The largest absolute Gasteiger partial charge is 0.276 e. The van der Waals surface area contributed by atoms with Gasteiger partial charge in [0.2, 0.25) is 0 Å². The number of carbonyl (C=O) groups is 1. The Morgan fingerprint density at radius 3 is 2.00 bits per heavy atom. The number of hydrogen-bond donors (Lipinski definition) is 0. The first-order valence-electron chi connectivity index (χ1n) is 2.65. The van der Waals surface area contributed by atoms with Gasteiger partial charge >= 0.3 is 0 Å². The average Bonchev–Trinajstić information content (AvgIpc) is 1.88. The van der Waals surface area contributed by atoms with Crippen molar-refractivity contribution in [3.63, 3.8) is 0 Å². The molecule has 0 bridgehead atoms. The number of rotatable bonds is 1. The number of benzene rings is 1. The van der Waals surface area contributed by atoms with Crippen LogP contribution in [-0.2, 0) is 0 Å². The highest BCUT2D eigenvalue weighted by Gasteiger charge is 1.98. The minimum absolute atomic E-state index is 0. The molecule has 4 heteroatoms. The monoisotopic (exact) mass is 254 g/mol. The highest BCUT2D eigenvalue weighted by Crippen LogP contribution is 2.10. The number of carbonyl (C=O) groups excluding carboxylic acids is 1. The fourth-order valence-electron chi connectivity index (χ4n) is 0.581. The molecule has 0 aliphatic heterocycles. The molecule has 0 saturated heterocycles. The maximum atomic E-state index is 10.5. The molecule has 11 heavy (non-hydrogen) atoms. The Morgan fingerprint density at radius 2 is 1.64 bits per heavy atom. The topological polar surface area (TPSA) is 17.1 Å². The van der Waals surface area contributed by atoms with E-state index in [9.17, 15) is 4.79 Å². The molecule has 0 N–H and O–H groups in total. The average molecular weight is 256 g/mol. The van der Waals surface area contributed by atoms with Gasteiger partial charge in [0.25, 0.3) is 5.24 Å². The molecule has 0 aliphatic rings. The van der Waals surface area contributed by atoms with Gasteiger partial charge in [-0.05, 0) is 35.9 Å². The van der Waals surface area contributed by atoms with Crippen molar-refractivity contribution in [3.8, 4) is 0 Å². The molecule has 1 aromatic rings. The molecule has 0 fully saturated rings. The van der Waals surface area contributed by atoms with Gasteiger partial charge in [-0.1, -0.05) is 11.6 Å². The third-order valence-corrected chi connectivity index (χ3v) is 1.54. The Morgan fingerprint density at radius 1 is 1.18 bits per heavy atom. The summed E-state index contributed by atoms with van der Waals surface area (Å²) in [6, 6.07) is 6.41. The van der Waals surface area contributed by atoms with E-state index in [4.69, 9.17) is 23.2 Å². The number of halogens is 3. The smallest absolute Gasteiger partial charge is 0.252 e. The van der Waals surface area contributed by atoms with Crippen molar-refractivity contribution in [2.45, 2.75) is 0 Å². The molecule has 0 spiro atoms. The first-order valence-corrected chi connectivity index (χ1v) is 3.41. The van der Waals surface area contributed by atoms with E-state index in [2.05, 4.69) is 0 Å². The standard InChI is InChI=1S/C7H4Cl2O.BrH/c8-6-3-1-5(2-4-6)7(9)10;/h1-4H;1H. The van der Waals surface area contributed by atoms with Crippen LogP contribution in [0.15, 0.2) is 24.3 Å². The predicted octanol–water partition coefficient (Wildman–Crippen LogP) is 3.30. The minimum Gasteiger partial charge on any atom is -0.276 e. The zero-order valence-corrected chi connectivity index (χ0v) is 8.61. The summed E-state index contributed by atoms with van der Waals surface area (Å²) in [5, 5.41) is 0.137. The van der Waals surface area contributed by atoms with Crippen LogP contribution in [0.2, 0.25) is 5.02 Å². The van der Waals surface area contributed by atoms with E-state index in [1.807, 2.05) is 0 Å². The maximum Gasteiger partial charge on any atom is 0.252 e. The van der Waals surface area contributed by atoms with Crippen molar-refractivity contribution in [1.29, 1.82) is 0 Å². The second kappa shape index (κ2) is 4.75. The summed E-state index contributed by atoms with van der Waals surface area (Å²) in [7, 11) is 0. The molecule has 0 radical (unpaired) electrons. The van der Waals surface area contributed by atoms with E-state index in [0.717, 1.165) is 0 Å². The van der Waals surface area contributed by atoms with Gasteiger partial charge in [-0.25, -0.2) is 0 Å². The van der Waals surface area contributed by atoms with Crippen LogP contribution in [0.25, 0.3) is 0 Å². The molecular weight excluding hydrogens is 251 g/mol. The van der Waals surface area contributed by atoms with Crippen molar-refractivity contribution in [1.82, 2.24) is 0 Å². The second-order valence-electron chi connectivity index (χ2n) is 1.78. The molecule has 1 aromatic carbocycles. The van der Waals surface area contributed by atoms with E-state index < -0.39 is 5.24 Å². The molecule has 1 nitrogen and oxygen atoms in total. The van der Waals surface area contributed by atoms with E-state index in [1.165, 1.54) is 0 Å². The fourth-order valence-corrected chi connectivity index (χ4v) is 0.833. The third-order valence-electron chi connectivity index (χ3n) is 1.07. The van der Waals surface area contributed by atoms with E-state index in [-0.39, 0.29) is 17.0 Å². The first kappa shape index (κ1) is 11.0. The van der Waals surface area contributed by atoms with Crippen LogP contribution in [-0.4, -0.2) is 5.24 Å². The van der Waals surface area contributed by atoms with Crippen LogP contribution in [0.3, 0.4) is 0 Å². The lowest BCUT2D eigenvalue weighted by Crippen LogP contribution is -1.85. The van der Waals surface area contributed by atoms with Gasteiger partial charge in [0.1, 0.15) is 0 Å². The third kappa shape index (κ3) is 3.23. The summed E-state index contributed by atoms with van der Waals surface area (Å²) in [6.45, 7) is 0. The summed E-state index contributed by atoms with van der Waals surface area (Å²) < 4.78 is 0. The van der Waals surface area contributed by atoms with Crippen molar-refractivity contribution < 1.29 is 4.79 Å². The molecule has 0 aromatic heterocycles. The van der Waals surface area contributed by atoms with Crippen molar-refractivity contribution in [2.75, 3.05) is 0 Å². The zero-order valence-electron chi connectivity index (χ0n) is 5.38. The molecule has 0 heterocycles. The zero-order chi connectivity index (χ0) is 7.56. The van der Waals surface area contributed by atoms with E-state index in [0.29, 0.717) is 10.6 Å². The summed E-state index contributed by atoms with van der Waals surface area (Å²) >= 11 is 10.7. The van der Waals surface area contributed by atoms with Crippen LogP contribution in [0, 0.1) is 0 Å². The number of hydrogen-bond acceptors (Lipinski definition) is 1. The van der Waals surface area contributed by atoms with Gasteiger partial charge < -0.3 is 0 Å². The lowest BCUT2D eigenvalue weighted by Gasteiger charge is -1.91. The summed E-state index contributed by atoms with van der Waals surface area (Å²) in [5.74, 6) is 0. The van der Waals surface area contributed by atoms with Crippen LogP contribution in [0.1, 0.15) is 10.4 Å². The lowest BCUT2D eigenvalue weighted by molar-refractivity contribution is 0.108. The fraction of sp³-hybridized carbons (Fsp3) is 0. The van der Waals surface area contributed by atoms with Crippen molar-refractivity contribution in [3.05, 3.63) is 34.9 Å². The van der Waals surface area contributed by atoms with Crippen LogP contribution in [0.5, 0.6) is 0 Å². The second-order valence-corrected chi connectivity index (χ2v) is 2.56. The Balaban J connectivity index is 0.000001000. The maximum absolute atomic E-state index is 10.5. The molecule has 0 atom stereocenters. The highest BCUT2D eigenvalue weighted by molar-refractivity contribution is 8.93. The Bertz CT molecular complexity index is 245. The molecule has 1 rings (SSSR count). The Hall–Kier alpha value is -0.0500. The van der Waals surface area contributed by atoms with Gasteiger partial charge in [-0.2, -0.15) is 0 Å². The predicted molar refractivity (Wildman–Crippen MR) is 52.0 cm³/mol. The van der Waals surface area contributed by atoms with E-state index in [1.54, 1.807) is 24.3 Å². The highest BCUT2D eigenvalue weighted by atomic mass is 79.9. The summed E-state index contributed by atoms with van der Waals surface area (Å²) in [6.07, 6.45) is 0. The molecule has 0 aliphatic carbocycles. The summed E-state index contributed by atoms with van der Waals surface area (Å²) in [4.78, 5) is 10.5. The first-order chi connectivity index (χ1) is 4.70. The molecule has 0 saturated carbocycles. The molecule has 0 unspecified atom stereocenters. The Kier molecular flexibility index (Phi) is 4.73. The lowest BCUT2D eigenvalue weighted by atomic mass is 10.2. The van der Waals surface area contributed by atoms with Crippen molar-refractivity contribution in [2.24, 2.45) is 0 Å². The van der Waals surface area contributed by atoms with Gasteiger partial charge in [0.15, 0.2) is 0 Å². The quantitative estimate of drug-likeness (QED) is 0.704.